The first-order chi connectivity index (χ1) is 11.2. The zero-order valence-corrected chi connectivity index (χ0v) is 13.7. The van der Waals surface area contributed by atoms with E-state index in [4.69, 9.17) is 9.47 Å². The van der Waals surface area contributed by atoms with Crippen LogP contribution in [-0.2, 0) is 9.47 Å². The molecular weight excluding hydrogens is 294 g/mol. The molecule has 0 radical (unpaired) electrons. The van der Waals surface area contributed by atoms with Gasteiger partial charge in [0.25, 0.3) is 0 Å². The normalized spacial score (nSPS) is 15.0. The lowest BCUT2D eigenvalue weighted by atomic mass is 9.89. The third kappa shape index (κ3) is 5.58. The summed E-state index contributed by atoms with van der Waals surface area (Å²) in [5.41, 5.74) is 0.481. The maximum absolute atomic E-state index is 12.1. The molecule has 1 aliphatic carbocycles. The Kier molecular flexibility index (Phi) is 6.91. The van der Waals surface area contributed by atoms with Crippen molar-refractivity contribution in [1.29, 1.82) is 0 Å². The van der Waals surface area contributed by atoms with Crippen molar-refractivity contribution in [2.45, 2.75) is 39.0 Å². The van der Waals surface area contributed by atoms with Crippen molar-refractivity contribution in [2.75, 3.05) is 19.9 Å². The maximum atomic E-state index is 12.1. The highest BCUT2D eigenvalue weighted by molar-refractivity contribution is 5.89. The molecule has 1 amide bonds. The van der Waals surface area contributed by atoms with Crippen molar-refractivity contribution < 1.29 is 19.1 Å². The smallest absolute Gasteiger partial charge is 0.412 e. The van der Waals surface area contributed by atoms with E-state index in [-0.39, 0.29) is 6.73 Å². The summed E-state index contributed by atoms with van der Waals surface area (Å²) in [7, 11) is 0. The molecule has 0 heterocycles. The number of benzene rings is 1. The molecule has 0 atom stereocenters. The minimum Gasteiger partial charge on any atom is -0.450 e. The fraction of sp³-hybridized carbons (Fsp3) is 0.556. The second-order valence-corrected chi connectivity index (χ2v) is 5.85. The fourth-order valence-electron chi connectivity index (χ4n) is 2.87. The van der Waals surface area contributed by atoms with E-state index in [0.717, 1.165) is 12.8 Å². The number of esters is 1. The van der Waals surface area contributed by atoms with E-state index < -0.39 is 12.1 Å². The lowest BCUT2D eigenvalue weighted by Gasteiger charge is -2.28. The van der Waals surface area contributed by atoms with Crippen LogP contribution in [-0.4, -0.2) is 36.8 Å². The number of rotatable bonds is 6. The van der Waals surface area contributed by atoms with Crippen LogP contribution in [0.4, 0.5) is 4.79 Å². The van der Waals surface area contributed by atoms with E-state index in [1.54, 1.807) is 31.2 Å². The first kappa shape index (κ1) is 17.3. The molecule has 5 nitrogen and oxygen atoms in total. The molecule has 126 valence electrons. The van der Waals surface area contributed by atoms with Crippen LogP contribution in [0.2, 0.25) is 0 Å². The Morgan fingerprint density at radius 2 is 1.78 bits per heavy atom. The molecule has 5 heteroatoms. The van der Waals surface area contributed by atoms with E-state index in [1.807, 2.05) is 6.07 Å². The zero-order chi connectivity index (χ0) is 16.5. The van der Waals surface area contributed by atoms with Gasteiger partial charge in [-0.15, -0.1) is 0 Å². The first-order valence-corrected chi connectivity index (χ1v) is 8.34. The molecule has 0 N–H and O–H groups in total. The van der Waals surface area contributed by atoms with E-state index in [9.17, 15) is 9.59 Å². The Hall–Kier alpha value is -2.04. The SMILES string of the molecule is CCOC(=O)N(COC(=O)c1ccccc1)CC1CCCCC1. The summed E-state index contributed by atoms with van der Waals surface area (Å²) in [6.07, 6.45) is 5.47. The molecule has 23 heavy (non-hydrogen) atoms. The van der Waals surface area contributed by atoms with Gasteiger partial charge in [-0.1, -0.05) is 37.5 Å². The van der Waals surface area contributed by atoms with E-state index >= 15 is 0 Å². The Labute approximate surface area is 137 Å². The monoisotopic (exact) mass is 319 g/mol. The quantitative estimate of drug-likeness (QED) is 0.590. The van der Waals surface area contributed by atoms with Crippen LogP contribution in [0.15, 0.2) is 30.3 Å². The van der Waals surface area contributed by atoms with Crippen LogP contribution < -0.4 is 0 Å². The second kappa shape index (κ2) is 9.18. The number of amides is 1. The molecule has 1 aromatic carbocycles. The molecular formula is C18H25NO4. The summed E-state index contributed by atoms with van der Waals surface area (Å²) in [6, 6.07) is 8.78. The molecule has 0 bridgehead atoms. The predicted molar refractivity (Wildman–Crippen MR) is 87.0 cm³/mol. The van der Waals surface area contributed by atoms with Gasteiger partial charge in [0.1, 0.15) is 0 Å². The van der Waals surface area contributed by atoms with Crippen molar-refractivity contribution in [1.82, 2.24) is 4.90 Å². The van der Waals surface area contributed by atoms with Crippen LogP contribution in [0, 0.1) is 5.92 Å². The van der Waals surface area contributed by atoms with Crippen LogP contribution in [0.25, 0.3) is 0 Å². The average Bonchev–Trinajstić information content (AvgIpc) is 2.60. The van der Waals surface area contributed by atoms with Gasteiger partial charge in [-0.2, -0.15) is 0 Å². The zero-order valence-electron chi connectivity index (χ0n) is 13.7. The molecule has 1 aliphatic rings. The minimum absolute atomic E-state index is 0.0664. The largest absolute Gasteiger partial charge is 0.450 e. The summed E-state index contributed by atoms with van der Waals surface area (Å²) in [5.74, 6) is 0.0344. The molecule has 1 aromatic rings. The summed E-state index contributed by atoms with van der Waals surface area (Å²) in [4.78, 5) is 25.6. The number of hydrogen-bond donors (Lipinski definition) is 0. The van der Waals surface area contributed by atoms with Gasteiger partial charge in [0.2, 0.25) is 0 Å². The van der Waals surface area contributed by atoms with Crippen molar-refractivity contribution in [3.05, 3.63) is 35.9 Å². The Morgan fingerprint density at radius 3 is 2.43 bits per heavy atom. The number of nitrogens with zero attached hydrogens (tertiary/aromatic N) is 1. The second-order valence-electron chi connectivity index (χ2n) is 5.85. The number of ether oxygens (including phenoxy) is 2. The molecule has 2 rings (SSSR count). The number of carbonyl (C=O) groups is 2. The Bertz CT molecular complexity index is 497. The van der Waals surface area contributed by atoms with E-state index in [0.29, 0.717) is 24.6 Å². The van der Waals surface area contributed by atoms with Crippen molar-refractivity contribution in [3.63, 3.8) is 0 Å². The third-order valence-corrected chi connectivity index (χ3v) is 4.09. The summed E-state index contributed by atoms with van der Waals surface area (Å²) >= 11 is 0. The Balaban J connectivity index is 1.91. The fourth-order valence-corrected chi connectivity index (χ4v) is 2.87. The van der Waals surface area contributed by atoms with Gasteiger partial charge in [0.15, 0.2) is 6.73 Å². The summed E-state index contributed by atoms with van der Waals surface area (Å²) < 4.78 is 10.4. The maximum Gasteiger partial charge on any atom is 0.412 e. The van der Waals surface area contributed by atoms with Crippen LogP contribution in [0.5, 0.6) is 0 Å². The Morgan fingerprint density at radius 1 is 1.09 bits per heavy atom. The minimum atomic E-state index is -0.427. The number of carbonyl (C=O) groups excluding carboxylic acids is 2. The van der Waals surface area contributed by atoms with Crippen molar-refractivity contribution >= 4 is 12.1 Å². The van der Waals surface area contributed by atoms with Crippen molar-refractivity contribution in [2.24, 2.45) is 5.92 Å². The molecule has 0 spiro atoms. The van der Waals surface area contributed by atoms with Gasteiger partial charge in [-0.25, -0.2) is 9.59 Å². The van der Waals surface area contributed by atoms with Gasteiger partial charge in [0.05, 0.1) is 12.2 Å². The lowest BCUT2D eigenvalue weighted by Crippen LogP contribution is -2.38. The highest BCUT2D eigenvalue weighted by Crippen LogP contribution is 2.24. The molecule has 1 saturated carbocycles. The van der Waals surface area contributed by atoms with Gasteiger partial charge in [-0.3, -0.25) is 4.90 Å². The summed E-state index contributed by atoms with van der Waals surface area (Å²) in [5, 5.41) is 0. The molecule has 1 fully saturated rings. The van der Waals surface area contributed by atoms with Gasteiger partial charge in [-0.05, 0) is 37.8 Å². The molecule has 0 aromatic heterocycles. The highest BCUT2D eigenvalue weighted by Gasteiger charge is 2.23. The number of hydrogen-bond acceptors (Lipinski definition) is 4. The van der Waals surface area contributed by atoms with Gasteiger partial charge in [0, 0.05) is 6.54 Å². The standard InChI is InChI=1S/C18H25NO4/c1-2-22-18(21)19(13-15-9-5-3-6-10-15)14-23-17(20)16-11-7-4-8-12-16/h4,7-8,11-12,15H,2-3,5-6,9-10,13-14H2,1H3. The average molecular weight is 319 g/mol. The third-order valence-electron chi connectivity index (χ3n) is 4.09. The molecule has 0 aliphatic heterocycles. The van der Waals surface area contributed by atoms with Crippen LogP contribution >= 0.6 is 0 Å². The van der Waals surface area contributed by atoms with E-state index in [1.165, 1.54) is 24.2 Å². The first-order valence-electron chi connectivity index (χ1n) is 8.34. The lowest BCUT2D eigenvalue weighted by molar-refractivity contribution is 0.0136. The van der Waals surface area contributed by atoms with Crippen LogP contribution in [0.3, 0.4) is 0 Å². The van der Waals surface area contributed by atoms with E-state index in [2.05, 4.69) is 0 Å². The summed E-state index contributed by atoms with van der Waals surface area (Å²) in [6.45, 7) is 2.60. The molecule has 0 unspecified atom stereocenters. The van der Waals surface area contributed by atoms with Crippen LogP contribution in [0.1, 0.15) is 49.4 Å². The van der Waals surface area contributed by atoms with Gasteiger partial charge < -0.3 is 9.47 Å². The van der Waals surface area contributed by atoms with Gasteiger partial charge >= 0.3 is 12.1 Å². The van der Waals surface area contributed by atoms with Crippen molar-refractivity contribution in [3.8, 4) is 0 Å². The molecule has 0 saturated heterocycles. The topological polar surface area (TPSA) is 55.8 Å². The predicted octanol–water partition coefficient (Wildman–Crippen LogP) is 3.84. The highest BCUT2D eigenvalue weighted by atomic mass is 16.6.